The molecule has 1 aromatic carbocycles. The highest BCUT2D eigenvalue weighted by Gasteiger charge is 2.30. The molecule has 0 saturated heterocycles. The summed E-state index contributed by atoms with van der Waals surface area (Å²) in [6.07, 6.45) is 3.65. The van der Waals surface area contributed by atoms with Gasteiger partial charge in [-0.25, -0.2) is 0 Å². The molecule has 3 rings (SSSR count). The summed E-state index contributed by atoms with van der Waals surface area (Å²) in [5.41, 5.74) is 2.95. The summed E-state index contributed by atoms with van der Waals surface area (Å²) in [7, 11) is 0. The van der Waals surface area contributed by atoms with Gasteiger partial charge < -0.3 is 10.4 Å². The minimum atomic E-state index is 0.333. The van der Waals surface area contributed by atoms with Gasteiger partial charge in [0.25, 0.3) is 0 Å². The molecule has 2 N–H and O–H groups in total. The smallest absolute Gasteiger partial charge is 0.0474 e. The van der Waals surface area contributed by atoms with Crippen LogP contribution in [-0.2, 0) is 5.75 Å². The number of rotatable bonds is 3. The molecule has 0 radical (unpaired) electrons. The fourth-order valence-electron chi connectivity index (χ4n) is 3.25. The lowest BCUT2D eigenvalue weighted by atomic mass is 9.98. The van der Waals surface area contributed by atoms with E-state index in [0.717, 1.165) is 11.5 Å². The van der Waals surface area contributed by atoms with E-state index in [4.69, 9.17) is 0 Å². The SMILES string of the molecule is OCC1CCCC1NC1CSCc2ccccc21. The first kappa shape index (κ1) is 12.5. The Morgan fingerprint density at radius 3 is 3.06 bits per heavy atom. The Kier molecular flexibility index (Phi) is 3.92. The van der Waals surface area contributed by atoms with E-state index in [1.165, 1.54) is 30.4 Å². The maximum Gasteiger partial charge on any atom is 0.0474 e. The van der Waals surface area contributed by atoms with E-state index in [1.54, 1.807) is 0 Å². The van der Waals surface area contributed by atoms with E-state index >= 15 is 0 Å². The Hall–Kier alpha value is -0.510. The van der Waals surface area contributed by atoms with Gasteiger partial charge in [-0.2, -0.15) is 11.8 Å². The van der Waals surface area contributed by atoms with Gasteiger partial charge in [-0.15, -0.1) is 0 Å². The lowest BCUT2D eigenvalue weighted by molar-refractivity contribution is 0.201. The summed E-state index contributed by atoms with van der Waals surface area (Å²) in [6.45, 7) is 0.333. The lowest BCUT2D eigenvalue weighted by Gasteiger charge is -2.30. The molecular weight excluding hydrogens is 242 g/mol. The second-order valence-corrected chi connectivity index (χ2v) is 6.44. The largest absolute Gasteiger partial charge is 0.396 e. The predicted molar refractivity (Wildman–Crippen MR) is 76.7 cm³/mol. The Bertz CT molecular complexity index is 409. The summed E-state index contributed by atoms with van der Waals surface area (Å²) in [4.78, 5) is 0. The van der Waals surface area contributed by atoms with Gasteiger partial charge in [-0.05, 0) is 29.9 Å². The maximum atomic E-state index is 9.42. The van der Waals surface area contributed by atoms with Gasteiger partial charge in [0.2, 0.25) is 0 Å². The molecule has 2 nitrogen and oxygen atoms in total. The molecule has 3 unspecified atom stereocenters. The van der Waals surface area contributed by atoms with Crippen LogP contribution in [0.2, 0.25) is 0 Å². The van der Waals surface area contributed by atoms with Crippen LogP contribution in [0.5, 0.6) is 0 Å². The van der Waals surface area contributed by atoms with Crippen molar-refractivity contribution >= 4 is 11.8 Å². The Balaban J connectivity index is 1.74. The fraction of sp³-hybridized carbons (Fsp3) is 0.600. The van der Waals surface area contributed by atoms with Crippen molar-refractivity contribution in [3.8, 4) is 0 Å². The Labute approximate surface area is 113 Å². The number of aliphatic hydroxyl groups excluding tert-OH is 1. The Morgan fingerprint density at radius 2 is 2.17 bits per heavy atom. The van der Waals surface area contributed by atoms with Crippen LogP contribution < -0.4 is 5.32 Å². The summed E-state index contributed by atoms with van der Waals surface area (Å²) in [5, 5.41) is 13.2. The predicted octanol–water partition coefficient (Wildman–Crippen LogP) is 2.73. The molecule has 1 aromatic rings. The molecule has 1 aliphatic heterocycles. The van der Waals surface area contributed by atoms with Crippen LogP contribution in [0, 0.1) is 5.92 Å². The normalized spacial score (nSPS) is 31.3. The van der Waals surface area contributed by atoms with Gasteiger partial charge in [-0.1, -0.05) is 30.7 Å². The van der Waals surface area contributed by atoms with Crippen molar-refractivity contribution in [2.24, 2.45) is 5.92 Å². The van der Waals surface area contributed by atoms with Crippen molar-refractivity contribution in [3.05, 3.63) is 35.4 Å². The zero-order chi connectivity index (χ0) is 12.4. The van der Waals surface area contributed by atoms with Crippen LogP contribution in [0.25, 0.3) is 0 Å². The van der Waals surface area contributed by atoms with Crippen LogP contribution in [0.3, 0.4) is 0 Å². The van der Waals surface area contributed by atoms with Crippen molar-refractivity contribution in [1.82, 2.24) is 5.32 Å². The zero-order valence-electron chi connectivity index (χ0n) is 10.6. The third kappa shape index (κ3) is 2.44. The molecule has 0 aromatic heterocycles. The summed E-state index contributed by atoms with van der Waals surface area (Å²) in [6, 6.07) is 9.75. The summed E-state index contributed by atoms with van der Waals surface area (Å²) in [5.74, 6) is 2.76. The van der Waals surface area contributed by atoms with E-state index in [-0.39, 0.29) is 0 Å². The number of hydrogen-bond acceptors (Lipinski definition) is 3. The number of nitrogens with one attached hydrogen (secondary N) is 1. The topological polar surface area (TPSA) is 32.3 Å². The molecule has 1 fully saturated rings. The van der Waals surface area contributed by atoms with E-state index in [9.17, 15) is 5.11 Å². The van der Waals surface area contributed by atoms with Gasteiger partial charge in [0.15, 0.2) is 0 Å². The first-order valence-electron chi connectivity index (χ1n) is 6.91. The molecule has 1 aliphatic carbocycles. The van der Waals surface area contributed by atoms with Crippen molar-refractivity contribution in [1.29, 1.82) is 0 Å². The van der Waals surface area contributed by atoms with E-state index in [0.29, 0.717) is 24.6 Å². The fourth-order valence-corrected chi connectivity index (χ4v) is 4.37. The van der Waals surface area contributed by atoms with Crippen molar-refractivity contribution in [2.45, 2.75) is 37.1 Å². The summed E-state index contributed by atoms with van der Waals surface area (Å²) < 4.78 is 0. The number of hydrogen-bond donors (Lipinski definition) is 2. The van der Waals surface area contributed by atoms with E-state index in [2.05, 4.69) is 29.6 Å². The molecule has 1 saturated carbocycles. The number of aliphatic hydroxyl groups is 1. The van der Waals surface area contributed by atoms with Gasteiger partial charge in [-0.3, -0.25) is 0 Å². The molecule has 3 heteroatoms. The minimum Gasteiger partial charge on any atom is -0.396 e. The van der Waals surface area contributed by atoms with Crippen molar-refractivity contribution in [2.75, 3.05) is 12.4 Å². The number of thioether (sulfide) groups is 1. The van der Waals surface area contributed by atoms with Gasteiger partial charge >= 0.3 is 0 Å². The van der Waals surface area contributed by atoms with Crippen LogP contribution in [0.4, 0.5) is 0 Å². The molecule has 0 spiro atoms. The maximum absolute atomic E-state index is 9.42. The van der Waals surface area contributed by atoms with E-state index in [1.807, 2.05) is 11.8 Å². The average molecular weight is 263 g/mol. The highest BCUT2D eigenvalue weighted by molar-refractivity contribution is 7.98. The molecular formula is C15H21NOS. The van der Waals surface area contributed by atoms with Gasteiger partial charge in [0.1, 0.15) is 0 Å². The van der Waals surface area contributed by atoms with Gasteiger partial charge in [0, 0.05) is 30.2 Å². The average Bonchev–Trinajstić information content (AvgIpc) is 2.86. The molecule has 98 valence electrons. The summed E-state index contributed by atoms with van der Waals surface area (Å²) >= 11 is 2.01. The number of benzene rings is 1. The van der Waals surface area contributed by atoms with Crippen LogP contribution in [0.15, 0.2) is 24.3 Å². The first-order valence-corrected chi connectivity index (χ1v) is 8.06. The highest BCUT2D eigenvalue weighted by atomic mass is 32.2. The molecule has 1 heterocycles. The van der Waals surface area contributed by atoms with Crippen LogP contribution in [0.1, 0.15) is 36.4 Å². The van der Waals surface area contributed by atoms with Crippen molar-refractivity contribution in [3.63, 3.8) is 0 Å². The molecule has 3 atom stereocenters. The van der Waals surface area contributed by atoms with Crippen molar-refractivity contribution < 1.29 is 5.11 Å². The molecule has 0 amide bonds. The van der Waals surface area contributed by atoms with Gasteiger partial charge in [0.05, 0.1) is 0 Å². The third-order valence-electron chi connectivity index (χ3n) is 4.28. The molecule has 2 aliphatic rings. The molecule has 18 heavy (non-hydrogen) atoms. The first-order chi connectivity index (χ1) is 8.88. The lowest BCUT2D eigenvalue weighted by Crippen LogP contribution is -2.39. The van der Waals surface area contributed by atoms with Crippen LogP contribution in [-0.4, -0.2) is 23.5 Å². The highest BCUT2D eigenvalue weighted by Crippen LogP contribution is 2.34. The van der Waals surface area contributed by atoms with E-state index < -0.39 is 0 Å². The third-order valence-corrected chi connectivity index (χ3v) is 5.37. The second-order valence-electron chi connectivity index (χ2n) is 5.41. The molecule has 0 bridgehead atoms. The second kappa shape index (κ2) is 5.64. The monoisotopic (exact) mass is 263 g/mol. The minimum absolute atomic E-state index is 0.333. The zero-order valence-corrected chi connectivity index (χ0v) is 11.5. The Morgan fingerprint density at radius 1 is 1.28 bits per heavy atom. The van der Waals surface area contributed by atoms with Crippen LogP contribution >= 0.6 is 11.8 Å². The number of fused-ring (bicyclic) bond motifs is 1. The standard InChI is InChI=1S/C15H21NOS/c17-8-11-5-3-7-14(11)16-15-10-18-9-12-4-1-2-6-13(12)15/h1-2,4,6,11,14-17H,3,5,7-10H2. The quantitative estimate of drug-likeness (QED) is 0.879.